The van der Waals surface area contributed by atoms with Gasteiger partial charge in [-0.2, -0.15) is 0 Å². The van der Waals surface area contributed by atoms with E-state index in [9.17, 15) is 18.0 Å². The number of benzene rings is 1. The Morgan fingerprint density at radius 3 is 2.42 bits per heavy atom. The van der Waals surface area contributed by atoms with E-state index >= 15 is 0 Å². The van der Waals surface area contributed by atoms with E-state index < -0.39 is 20.5 Å². The van der Waals surface area contributed by atoms with Crippen LogP contribution in [-0.2, 0) is 25.9 Å². The minimum absolute atomic E-state index is 0.0268. The molecule has 0 bridgehead atoms. The number of methoxy groups -OCH3 is 1. The molecule has 178 valence electrons. The Bertz CT molecular complexity index is 1190. The van der Waals surface area contributed by atoms with Gasteiger partial charge in [-0.25, -0.2) is 13.9 Å². The maximum atomic E-state index is 12.6. The van der Waals surface area contributed by atoms with E-state index in [4.69, 9.17) is 15.1 Å². The Hall–Kier alpha value is -2.97. The number of aryl methyl sites for hydroxylation is 1. The number of aliphatic hydroxyl groups excluding tert-OH is 1. The Morgan fingerprint density at radius 2 is 1.91 bits per heavy atom. The number of hydrogen-bond donors (Lipinski definition) is 3. The highest BCUT2D eigenvalue weighted by atomic mass is 32.2. The zero-order valence-corrected chi connectivity index (χ0v) is 19.6. The number of ether oxygens (including phenoxy) is 1. The van der Waals surface area contributed by atoms with Crippen molar-refractivity contribution in [1.82, 2.24) is 10.0 Å². The number of nitrogens with one attached hydrogen (secondary N) is 1. The average molecular weight is 477 g/mol. The number of carbonyl (C=O) groups excluding carboxylic acids is 1. The second-order valence-corrected chi connectivity index (χ2v) is 10.2. The van der Waals surface area contributed by atoms with Crippen molar-refractivity contribution >= 4 is 15.7 Å². The van der Waals surface area contributed by atoms with E-state index in [-0.39, 0.29) is 31.2 Å². The normalized spacial score (nSPS) is 14.0. The van der Waals surface area contributed by atoms with Crippen LogP contribution < -0.4 is 11.0 Å². The fourth-order valence-electron chi connectivity index (χ4n) is 3.03. The lowest BCUT2D eigenvalue weighted by Crippen LogP contribution is -2.49. The molecule has 0 aliphatic rings. The van der Waals surface area contributed by atoms with Crippen molar-refractivity contribution in [3.8, 4) is 23.0 Å². The summed E-state index contributed by atoms with van der Waals surface area (Å²) in [6, 6.07) is 10.4. The van der Waals surface area contributed by atoms with Crippen LogP contribution in [0.3, 0.4) is 0 Å². The van der Waals surface area contributed by atoms with Crippen LogP contribution in [0.1, 0.15) is 25.3 Å². The van der Waals surface area contributed by atoms with Crippen molar-refractivity contribution in [1.29, 1.82) is 0 Å². The zero-order valence-electron chi connectivity index (χ0n) is 18.7. The monoisotopic (exact) mass is 476 g/mol. The van der Waals surface area contributed by atoms with Crippen LogP contribution in [0.4, 0.5) is 0 Å². The molecule has 2 aromatic rings. The Balaban J connectivity index is 2.15. The second kappa shape index (κ2) is 11.2. The van der Waals surface area contributed by atoms with E-state index in [0.29, 0.717) is 12.0 Å². The number of carbonyl (C=O) groups is 1. The molecule has 2 atom stereocenters. The Morgan fingerprint density at radius 1 is 1.24 bits per heavy atom. The van der Waals surface area contributed by atoms with E-state index in [0.717, 1.165) is 17.4 Å². The van der Waals surface area contributed by atoms with E-state index in [1.807, 2.05) is 24.3 Å². The summed E-state index contributed by atoms with van der Waals surface area (Å²) < 4.78 is 28.6. The van der Waals surface area contributed by atoms with Crippen LogP contribution in [0, 0.1) is 11.8 Å². The molecule has 33 heavy (non-hydrogen) atoms. The van der Waals surface area contributed by atoms with Gasteiger partial charge in [0.1, 0.15) is 0 Å². The van der Waals surface area contributed by atoms with Crippen LogP contribution in [0.5, 0.6) is 0 Å². The lowest BCUT2D eigenvalue weighted by Gasteiger charge is -2.25. The summed E-state index contributed by atoms with van der Waals surface area (Å²) in [7, 11) is -2.33. The summed E-state index contributed by atoms with van der Waals surface area (Å²) in [6.45, 7) is 1.08. The third kappa shape index (κ3) is 6.52. The number of hydrogen-bond acceptors (Lipinski definition) is 7. The first-order valence-electron chi connectivity index (χ1n) is 10.1. The molecule has 1 heterocycles. The van der Waals surface area contributed by atoms with Gasteiger partial charge >= 0.3 is 0 Å². The zero-order chi connectivity index (χ0) is 24.6. The topological polar surface area (TPSA) is 135 Å². The van der Waals surface area contributed by atoms with Gasteiger partial charge in [-0.1, -0.05) is 24.0 Å². The predicted octanol–water partition coefficient (Wildman–Crippen LogP) is 0.963. The van der Waals surface area contributed by atoms with Gasteiger partial charge < -0.3 is 14.4 Å². The number of aliphatic hydroxyl groups is 1. The fraction of sp³-hybridized carbons (Fsp3) is 0.391. The highest BCUT2D eigenvalue weighted by molar-refractivity contribution is 7.92. The highest BCUT2D eigenvalue weighted by Crippen LogP contribution is 2.22. The molecule has 0 fully saturated rings. The van der Waals surface area contributed by atoms with Crippen molar-refractivity contribution in [3.05, 3.63) is 58.5 Å². The standard InChI is InChI=1S/C23H28N2O7S/c1-23(22(28)24-29,33(3,30)31)12-14-25-13-11-19(15-21(25)27)18-9-7-17(8-10-18)5-4-6-20(16-26)32-2/h7-11,13,15,20,26,29H,6,12,14,16H2,1-3H3,(H,24,28). The summed E-state index contributed by atoms with van der Waals surface area (Å²) in [6.07, 6.45) is 2.34. The molecule has 3 N–H and O–H groups in total. The molecule has 2 unspecified atom stereocenters. The van der Waals surface area contributed by atoms with Crippen LogP contribution in [0.15, 0.2) is 47.4 Å². The molecular weight excluding hydrogens is 448 g/mol. The molecule has 0 spiro atoms. The summed E-state index contributed by atoms with van der Waals surface area (Å²) >= 11 is 0. The number of pyridine rings is 1. The SMILES string of the molecule is COC(CO)CC#Cc1ccc(-c2ccn(CCC(C)(C(=O)NO)S(C)(=O)=O)c(=O)c2)cc1. The van der Waals surface area contributed by atoms with E-state index in [2.05, 4.69) is 11.8 Å². The van der Waals surface area contributed by atoms with Crippen molar-refractivity contribution in [2.24, 2.45) is 0 Å². The fourth-order valence-corrected chi connectivity index (χ4v) is 3.87. The molecule has 2 rings (SSSR count). The van der Waals surface area contributed by atoms with Gasteiger partial charge in [-0.3, -0.25) is 14.8 Å². The molecule has 1 aromatic heterocycles. The van der Waals surface area contributed by atoms with Gasteiger partial charge in [0.15, 0.2) is 14.6 Å². The first-order valence-corrected chi connectivity index (χ1v) is 12.0. The summed E-state index contributed by atoms with van der Waals surface area (Å²) in [5, 5.41) is 18.0. The Kier molecular flexibility index (Phi) is 8.96. The van der Waals surface area contributed by atoms with Gasteiger partial charge in [-0.15, -0.1) is 0 Å². The molecule has 1 aromatic carbocycles. The highest BCUT2D eigenvalue weighted by Gasteiger charge is 2.43. The molecule has 0 aliphatic heterocycles. The third-order valence-corrected chi connectivity index (χ3v) is 7.57. The summed E-state index contributed by atoms with van der Waals surface area (Å²) in [5.74, 6) is 4.90. The number of amides is 1. The molecule has 1 amide bonds. The van der Waals surface area contributed by atoms with Crippen molar-refractivity contribution in [3.63, 3.8) is 0 Å². The van der Waals surface area contributed by atoms with Crippen molar-refractivity contribution in [2.75, 3.05) is 20.0 Å². The lowest BCUT2D eigenvalue weighted by molar-refractivity contribution is -0.131. The molecule has 0 aliphatic carbocycles. The molecular formula is C23H28N2O7S. The van der Waals surface area contributed by atoms with Crippen LogP contribution in [0.2, 0.25) is 0 Å². The maximum absolute atomic E-state index is 12.6. The predicted molar refractivity (Wildman–Crippen MR) is 123 cm³/mol. The first-order chi connectivity index (χ1) is 15.6. The second-order valence-electron chi connectivity index (χ2n) is 7.76. The van der Waals surface area contributed by atoms with Crippen LogP contribution in [-0.4, -0.2) is 60.0 Å². The number of sulfone groups is 1. The van der Waals surface area contributed by atoms with Crippen LogP contribution in [0.25, 0.3) is 11.1 Å². The molecule has 10 heteroatoms. The van der Waals surface area contributed by atoms with Gasteiger partial charge in [0.05, 0.1) is 12.7 Å². The Labute approximate surface area is 192 Å². The molecule has 0 radical (unpaired) electrons. The largest absolute Gasteiger partial charge is 0.394 e. The average Bonchev–Trinajstić information content (AvgIpc) is 2.80. The molecule has 9 nitrogen and oxygen atoms in total. The van der Waals surface area contributed by atoms with Gasteiger partial charge in [0, 0.05) is 44.2 Å². The minimum atomic E-state index is -3.85. The maximum Gasteiger partial charge on any atom is 0.264 e. The smallest absolute Gasteiger partial charge is 0.264 e. The van der Waals surface area contributed by atoms with Gasteiger partial charge in [-0.05, 0) is 42.7 Å². The van der Waals surface area contributed by atoms with Gasteiger partial charge in [0.2, 0.25) is 0 Å². The molecule has 0 saturated carbocycles. The number of nitrogens with zero attached hydrogens (tertiary/aromatic N) is 1. The number of hydroxylamine groups is 1. The molecule has 0 saturated heterocycles. The van der Waals surface area contributed by atoms with Crippen molar-refractivity contribution < 1.29 is 28.3 Å². The summed E-state index contributed by atoms with van der Waals surface area (Å²) in [4.78, 5) is 24.5. The van der Waals surface area contributed by atoms with Crippen molar-refractivity contribution in [2.45, 2.75) is 37.2 Å². The van der Waals surface area contributed by atoms with Gasteiger partial charge in [0.25, 0.3) is 11.5 Å². The quantitative estimate of drug-likeness (QED) is 0.279. The van der Waals surface area contributed by atoms with E-state index in [1.165, 1.54) is 36.3 Å². The number of aromatic nitrogens is 1. The number of rotatable bonds is 9. The van der Waals surface area contributed by atoms with E-state index in [1.54, 1.807) is 6.07 Å². The minimum Gasteiger partial charge on any atom is -0.394 e. The third-order valence-electron chi connectivity index (χ3n) is 5.54. The summed E-state index contributed by atoms with van der Waals surface area (Å²) in [5.41, 5.74) is 3.29. The lowest BCUT2D eigenvalue weighted by atomic mass is 10.0. The van der Waals surface area contributed by atoms with Crippen LogP contribution >= 0.6 is 0 Å². The first kappa shape index (κ1) is 26.3.